The van der Waals surface area contributed by atoms with Crippen LogP contribution in [0.5, 0.6) is 0 Å². The van der Waals surface area contributed by atoms with Crippen molar-refractivity contribution in [2.45, 2.75) is 41.5 Å². The fourth-order valence-corrected chi connectivity index (χ4v) is 0.848. The molecule has 0 aromatic carbocycles. The first-order valence-electron chi connectivity index (χ1n) is 5.32. The molecule has 2 heteroatoms. The molecule has 0 aliphatic heterocycles. The van der Waals surface area contributed by atoms with E-state index < -0.39 is 0 Å². The van der Waals surface area contributed by atoms with E-state index in [4.69, 9.17) is 0 Å². The highest BCUT2D eigenvalue weighted by molar-refractivity contribution is 4.81. The lowest BCUT2D eigenvalue weighted by atomic mass is 9.97. The van der Waals surface area contributed by atoms with Gasteiger partial charge in [0.05, 0.1) is 0 Å². The molecule has 0 saturated heterocycles. The minimum atomic E-state index is 0.342. The van der Waals surface area contributed by atoms with E-state index in [1.807, 2.05) is 12.4 Å². The molecule has 14 heavy (non-hydrogen) atoms. The van der Waals surface area contributed by atoms with Gasteiger partial charge in [-0.2, -0.15) is 0 Å². The zero-order valence-corrected chi connectivity index (χ0v) is 10.6. The van der Waals surface area contributed by atoms with Crippen LogP contribution in [-0.4, -0.2) is 13.1 Å². The maximum absolute atomic E-state index is 3.27. The van der Waals surface area contributed by atoms with E-state index >= 15 is 0 Å². The highest BCUT2D eigenvalue weighted by Crippen LogP contribution is 2.10. The van der Waals surface area contributed by atoms with Crippen molar-refractivity contribution in [3.05, 3.63) is 12.4 Å². The van der Waals surface area contributed by atoms with Crippen LogP contribution in [0.2, 0.25) is 0 Å². The van der Waals surface area contributed by atoms with Gasteiger partial charge in [-0.05, 0) is 10.8 Å². The van der Waals surface area contributed by atoms with E-state index in [0.717, 1.165) is 13.1 Å². The number of hydrogen-bond donors (Lipinski definition) is 2. The Morgan fingerprint density at radius 2 is 1.00 bits per heavy atom. The number of rotatable bonds is 4. The van der Waals surface area contributed by atoms with Crippen LogP contribution in [0.3, 0.4) is 0 Å². The van der Waals surface area contributed by atoms with Crippen molar-refractivity contribution >= 4 is 0 Å². The molecule has 0 spiro atoms. The fraction of sp³-hybridized carbons (Fsp3) is 0.833. The summed E-state index contributed by atoms with van der Waals surface area (Å²) in [5, 5.41) is 6.54. The molecule has 2 nitrogen and oxygen atoms in total. The first-order chi connectivity index (χ1) is 6.21. The van der Waals surface area contributed by atoms with Gasteiger partial charge in [-0.15, -0.1) is 0 Å². The number of nitrogens with one attached hydrogen (secondary N) is 2. The molecule has 0 fully saturated rings. The molecule has 0 amide bonds. The summed E-state index contributed by atoms with van der Waals surface area (Å²) in [6.45, 7) is 15.3. The summed E-state index contributed by atoms with van der Waals surface area (Å²) in [5.74, 6) is 0. The topological polar surface area (TPSA) is 24.1 Å². The highest BCUT2D eigenvalue weighted by Gasteiger charge is 2.08. The molecule has 0 aromatic rings. The summed E-state index contributed by atoms with van der Waals surface area (Å²) < 4.78 is 0. The standard InChI is InChI=1S/C12H26N2/c1-11(2,3)9-13-7-8-14-10-12(4,5)6/h7-8,13-14H,9-10H2,1-6H3. The van der Waals surface area contributed by atoms with E-state index in [0.29, 0.717) is 10.8 Å². The van der Waals surface area contributed by atoms with Gasteiger partial charge < -0.3 is 10.6 Å². The third kappa shape index (κ3) is 11.3. The predicted molar refractivity (Wildman–Crippen MR) is 64.1 cm³/mol. The normalized spacial score (nSPS) is 13.3. The fourth-order valence-electron chi connectivity index (χ4n) is 0.848. The van der Waals surface area contributed by atoms with Crippen LogP contribution in [0.15, 0.2) is 12.4 Å². The van der Waals surface area contributed by atoms with Crippen LogP contribution in [0.1, 0.15) is 41.5 Å². The quantitative estimate of drug-likeness (QED) is 0.726. The third-order valence-corrected chi connectivity index (χ3v) is 1.58. The molecule has 0 saturated carbocycles. The first-order valence-corrected chi connectivity index (χ1v) is 5.32. The Morgan fingerprint density at radius 1 is 0.714 bits per heavy atom. The Balaban J connectivity index is 3.47. The Hall–Kier alpha value is -0.660. The summed E-state index contributed by atoms with van der Waals surface area (Å²) >= 11 is 0. The predicted octanol–water partition coefficient (Wildman–Crippen LogP) is 2.73. The Labute approximate surface area is 89.2 Å². The molecule has 2 N–H and O–H groups in total. The van der Waals surface area contributed by atoms with E-state index in [1.54, 1.807) is 0 Å². The largest absolute Gasteiger partial charge is 0.389 e. The molecule has 0 unspecified atom stereocenters. The highest BCUT2D eigenvalue weighted by atomic mass is 14.9. The molecule has 84 valence electrons. The Kier molecular flexibility index (Phi) is 5.03. The van der Waals surface area contributed by atoms with Gasteiger partial charge in [-0.3, -0.25) is 0 Å². The molecule has 0 rings (SSSR count). The maximum Gasteiger partial charge on any atom is 0.0190 e. The molecule has 0 bridgehead atoms. The van der Waals surface area contributed by atoms with Gasteiger partial charge in [0.25, 0.3) is 0 Å². The minimum Gasteiger partial charge on any atom is -0.389 e. The first kappa shape index (κ1) is 13.3. The van der Waals surface area contributed by atoms with Gasteiger partial charge in [0, 0.05) is 25.5 Å². The molecule has 0 heterocycles. The summed E-state index contributed by atoms with van der Waals surface area (Å²) in [6.07, 6.45) is 3.97. The Bertz CT molecular complexity index is 150. The molecule has 0 atom stereocenters. The molecule has 0 aromatic heterocycles. The smallest absolute Gasteiger partial charge is 0.0190 e. The summed E-state index contributed by atoms with van der Waals surface area (Å²) in [6, 6.07) is 0. The molecule has 0 aliphatic carbocycles. The molecule has 0 radical (unpaired) electrons. The van der Waals surface area contributed by atoms with Crippen LogP contribution in [0.4, 0.5) is 0 Å². The van der Waals surface area contributed by atoms with Crippen LogP contribution in [0, 0.1) is 10.8 Å². The van der Waals surface area contributed by atoms with E-state index in [9.17, 15) is 0 Å². The summed E-state index contributed by atoms with van der Waals surface area (Å²) in [7, 11) is 0. The zero-order valence-electron chi connectivity index (χ0n) is 10.6. The van der Waals surface area contributed by atoms with Crippen molar-refractivity contribution in [1.29, 1.82) is 0 Å². The summed E-state index contributed by atoms with van der Waals surface area (Å²) in [4.78, 5) is 0. The van der Waals surface area contributed by atoms with Gasteiger partial charge in [0.1, 0.15) is 0 Å². The second-order valence-electron chi connectivity index (χ2n) is 6.22. The lowest BCUT2D eigenvalue weighted by molar-refractivity contribution is 0.396. The Morgan fingerprint density at radius 3 is 1.21 bits per heavy atom. The van der Waals surface area contributed by atoms with Crippen molar-refractivity contribution in [3.8, 4) is 0 Å². The second-order valence-corrected chi connectivity index (χ2v) is 6.22. The van der Waals surface area contributed by atoms with Crippen molar-refractivity contribution in [1.82, 2.24) is 10.6 Å². The van der Waals surface area contributed by atoms with Crippen molar-refractivity contribution < 1.29 is 0 Å². The monoisotopic (exact) mass is 198 g/mol. The third-order valence-electron chi connectivity index (χ3n) is 1.58. The van der Waals surface area contributed by atoms with Gasteiger partial charge in [-0.25, -0.2) is 0 Å². The SMILES string of the molecule is CC(C)(C)CNC=CNCC(C)(C)C. The van der Waals surface area contributed by atoms with Crippen molar-refractivity contribution in [2.24, 2.45) is 10.8 Å². The van der Waals surface area contributed by atoms with Gasteiger partial charge >= 0.3 is 0 Å². The average Bonchev–Trinajstić information content (AvgIpc) is 1.92. The second kappa shape index (κ2) is 5.28. The van der Waals surface area contributed by atoms with Crippen molar-refractivity contribution in [2.75, 3.05) is 13.1 Å². The van der Waals surface area contributed by atoms with Crippen LogP contribution in [0.25, 0.3) is 0 Å². The number of hydrogen-bond acceptors (Lipinski definition) is 2. The van der Waals surface area contributed by atoms with Gasteiger partial charge in [0.2, 0.25) is 0 Å². The molecular weight excluding hydrogens is 172 g/mol. The van der Waals surface area contributed by atoms with Crippen LogP contribution >= 0.6 is 0 Å². The maximum atomic E-state index is 3.27. The van der Waals surface area contributed by atoms with E-state index in [1.165, 1.54) is 0 Å². The van der Waals surface area contributed by atoms with E-state index in [-0.39, 0.29) is 0 Å². The zero-order chi connectivity index (χ0) is 11.2. The van der Waals surface area contributed by atoms with Gasteiger partial charge in [-0.1, -0.05) is 41.5 Å². The van der Waals surface area contributed by atoms with Crippen LogP contribution < -0.4 is 10.6 Å². The van der Waals surface area contributed by atoms with Crippen molar-refractivity contribution in [3.63, 3.8) is 0 Å². The van der Waals surface area contributed by atoms with Gasteiger partial charge in [0.15, 0.2) is 0 Å². The summed E-state index contributed by atoms with van der Waals surface area (Å²) in [5.41, 5.74) is 0.683. The molecular formula is C12H26N2. The lowest BCUT2D eigenvalue weighted by Crippen LogP contribution is -2.25. The average molecular weight is 198 g/mol. The van der Waals surface area contributed by atoms with Crippen LogP contribution in [-0.2, 0) is 0 Å². The van der Waals surface area contributed by atoms with E-state index in [2.05, 4.69) is 52.2 Å². The minimum absolute atomic E-state index is 0.342. The molecule has 0 aliphatic rings. The lowest BCUT2D eigenvalue weighted by Gasteiger charge is -2.19.